The molecule has 0 amide bonds. The van der Waals surface area contributed by atoms with Gasteiger partial charge in [0.15, 0.2) is 0 Å². The zero-order valence-electron chi connectivity index (χ0n) is 36.3. The van der Waals surface area contributed by atoms with Crippen molar-refractivity contribution in [2.75, 3.05) is 0 Å². The molecule has 0 radical (unpaired) electrons. The Kier molecular flexibility index (Phi) is 8.80. The summed E-state index contributed by atoms with van der Waals surface area (Å²) >= 11 is 0. The summed E-state index contributed by atoms with van der Waals surface area (Å²) in [7, 11) is 0. The second-order valence-corrected chi connectivity index (χ2v) is 17.6. The molecule has 0 aliphatic carbocycles. The Morgan fingerprint density at radius 1 is 0.484 bits per heavy atom. The van der Waals surface area contributed by atoms with E-state index in [-0.39, 0.29) is 11.8 Å². The quantitative estimate of drug-likeness (QED) is 0.151. The first-order valence-electron chi connectivity index (χ1n) is 21.8. The molecule has 0 saturated heterocycles. The maximum absolute atomic E-state index is 6.91. The number of aromatic nitrogens is 4. The number of ether oxygens (including phenoxy) is 1. The highest BCUT2D eigenvalue weighted by molar-refractivity contribution is 6.17. The van der Waals surface area contributed by atoms with E-state index in [9.17, 15) is 0 Å². The van der Waals surface area contributed by atoms with Gasteiger partial charge in [-0.1, -0.05) is 113 Å². The molecule has 3 aromatic heterocycles. The first-order chi connectivity index (χ1) is 30.1. The van der Waals surface area contributed by atoms with E-state index < -0.39 is 0 Å². The molecule has 0 aliphatic heterocycles. The van der Waals surface area contributed by atoms with Gasteiger partial charge in [0, 0.05) is 21.7 Å². The van der Waals surface area contributed by atoms with Crippen LogP contribution in [0.3, 0.4) is 0 Å². The van der Waals surface area contributed by atoms with Crippen LogP contribution in [0.25, 0.3) is 88.4 Å². The molecule has 302 valence electrons. The number of pyridine rings is 1. The average Bonchev–Trinajstić information content (AvgIpc) is 3.87. The van der Waals surface area contributed by atoms with E-state index in [0.29, 0.717) is 0 Å². The van der Waals surface area contributed by atoms with Gasteiger partial charge in [-0.3, -0.25) is 8.97 Å². The van der Waals surface area contributed by atoms with E-state index in [0.717, 1.165) is 72.5 Å². The third-order valence-electron chi connectivity index (χ3n) is 12.9. The number of rotatable bonds is 7. The minimum atomic E-state index is 0.272. The fourth-order valence-electron chi connectivity index (χ4n) is 9.67. The summed E-state index contributed by atoms with van der Waals surface area (Å²) in [6.45, 7) is 15.8. The van der Waals surface area contributed by atoms with Crippen LogP contribution in [0.2, 0.25) is 0 Å². The molecule has 0 N–H and O–H groups in total. The summed E-state index contributed by atoms with van der Waals surface area (Å²) in [6.07, 6.45) is 0. The van der Waals surface area contributed by atoms with Crippen LogP contribution in [-0.4, -0.2) is 18.9 Å². The second kappa shape index (κ2) is 14.5. The van der Waals surface area contributed by atoms with Gasteiger partial charge in [0.05, 0.1) is 33.3 Å². The zero-order chi connectivity index (χ0) is 42.4. The largest absolute Gasteiger partial charge is 0.457 e. The Labute approximate surface area is 361 Å². The van der Waals surface area contributed by atoms with Gasteiger partial charge in [-0.2, -0.15) is 0 Å². The topological polar surface area (TPSA) is 44.3 Å². The van der Waals surface area contributed by atoms with E-state index in [1.165, 1.54) is 55.2 Å². The molecule has 5 heteroatoms. The highest BCUT2D eigenvalue weighted by Crippen LogP contribution is 2.43. The maximum atomic E-state index is 6.91. The van der Waals surface area contributed by atoms with Crippen LogP contribution in [-0.2, 0) is 0 Å². The number of hydrogen-bond donors (Lipinski definition) is 0. The van der Waals surface area contributed by atoms with E-state index in [1.807, 2.05) is 6.07 Å². The average molecular weight is 805 g/mol. The van der Waals surface area contributed by atoms with Gasteiger partial charge in [-0.05, 0) is 149 Å². The summed E-state index contributed by atoms with van der Waals surface area (Å²) in [5.74, 6) is 2.94. The van der Waals surface area contributed by atoms with Crippen molar-refractivity contribution in [1.82, 2.24) is 18.9 Å². The second-order valence-electron chi connectivity index (χ2n) is 17.6. The fourth-order valence-corrected chi connectivity index (χ4v) is 9.67. The number of aryl methyl sites for hydroxylation is 3. The Hall–Kier alpha value is -7.24. The Morgan fingerprint density at radius 3 is 1.98 bits per heavy atom. The molecule has 0 saturated carbocycles. The molecule has 0 fully saturated rings. The first kappa shape index (κ1) is 37.7. The lowest BCUT2D eigenvalue weighted by Crippen LogP contribution is -2.09. The predicted octanol–water partition coefficient (Wildman–Crippen LogP) is 15.6. The molecular weight excluding hydrogens is 757 g/mol. The van der Waals surface area contributed by atoms with Gasteiger partial charge in [-0.25, -0.2) is 9.97 Å². The van der Waals surface area contributed by atoms with Crippen LogP contribution in [0.15, 0.2) is 152 Å². The zero-order valence-corrected chi connectivity index (χ0v) is 36.3. The molecule has 8 aromatic carbocycles. The van der Waals surface area contributed by atoms with Crippen molar-refractivity contribution in [3.8, 4) is 39.7 Å². The molecule has 3 heterocycles. The number of imidazole rings is 2. The molecule has 0 bridgehead atoms. The predicted molar refractivity (Wildman–Crippen MR) is 260 cm³/mol. The van der Waals surface area contributed by atoms with Gasteiger partial charge < -0.3 is 4.74 Å². The molecule has 62 heavy (non-hydrogen) atoms. The number of para-hydroxylation sites is 2. The van der Waals surface area contributed by atoms with E-state index >= 15 is 0 Å². The monoisotopic (exact) mass is 804 g/mol. The first-order valence-corrected chi connectivity index (χ1v) is 21.8. The van der Waals surface area contributed by atoms with Crippen LogP contribution in [0.1, 0.15) is 67.3 Å². The van der Waals surface area contributed by atoms with Crippen LogP contribution in [0.4, 0.5) is 0 Å². The maximum Gasteiger partial charge on any atom is 0.146 e. The van der Waals surface area contributed by atoms with Crippen LogP contribution in [0.5, 0.6) is 11.5 Å². The fraction of sp³-hybridized carbons (Fsp3) is 0.158. The molecule has 0 aliphatic rings. The van der Waals surface area contributed by atoms with Crippen molar-refractivity contribution in [2.45, 2.75) is 60.3 Å². The van der Waals surface area contributed by atoms with Crippen LogP contribution in [0, 0.1) is 20.8 Å². The standard InChI is InChI=1S/C57H48N4O/c1-33(2)45-30-41(38-16-9-8-10-17-38)31-46(34(3)4)55(45)61-50-23-14-13-22-49(50)58-56(61)40-19-15-20-42(29-40)62-43-26-37(7)53-47-27-35(5)36(6)28-52(47)60-51-25-24-39-18-11-12-21-44(39)54(51)59-57(60)48(53)32-43/h8-34H,1-7H3. The van der Waals surface area contributed by atoms with E-state index in [1.54, 1.807) is 0 Å². The van der Waals surface area contributed by atoms with Gasteiger partial charge >= 0.3 is 0 Å². The van der Waals surface area contributed by atoms with Crippen molar-refractivity contribution in [1.29, 1.82) is 0 Å². The SMILES string of the molecule is Cc1cc2c3c(C)cc(Oc4cccc(-c5nc6ccccc6n5-c5c(C(C)C)cc(-c6ccccc6)cc5C(C)C)c4)cc3c3nc4c5ccccc5ccc4n3c2cc1C. The minimum absolute atomic E-state index is 0.272. The molecule has 0 atom stereocenters. The van der Waals surface area contributed by atoms with Gasteiger partial charge in [-0.15, -0.1) is 0 Å². The molecule has 11 aromatic rings. The van der Waals surface area contributed by atoms with E-state index in [2.05, 4.69) is 203 Å². The van der Waals surface area contributed by atoms with Crippen molar-refractivity contribution in [3.05, 3.63) is 179 Å². The molecular formula is C57H48N4O. The number of fused-ring (bicyclic) bond motifs is 11. The molecule has 0 unspecified atom stereocenters. The summed E-state index contributed by atoms with van der Waals surface area (Å²) < 4.78 is 11.7. The normalized spacial score (nSPS) is 12.1. The summed E-state index contributed by atoms with van der Waals surface area (Å²) in [5.41, 5.74) is 17.1. The number of benzene rings is 8. The number of hydrogen-bond acceptors (Lipinski definition) is 3. The summed E-state index contributed by atoms with van der Waals surface area (Å²) in [5, 5.41) is 5.81. The minimum Gasteiger partial charge on any atom is -0.457 e. The molecule has 5 nitrogen and oxygen atoms in total. The van der Waals surface area contributed by atoms with Crippen LogP contribution >= 0.6 is 0 Å². The van der Waals surface area contributed by atoms with Gasteiger partial charge in [0.2, 0.25) is 0 Å². The smallest absolute Gasteiger partial charge is 0.146 e. The molecule has 11 rings (SSSR count). The Bertz CT molecular complexity index is 3560. The Morgan fingerprint density at radius 2 is 1.19 bits per heavy atom. The number of nitrogens with zero attached hydrogens (tertiary/aromatic N) is 4. The highest BCUT2D eigenvalue weighted by Gasteiger charge is 2.24. The third kappa shape index (κ3) is 5.98. The van der Waals surface area contributed by atoms with Crippen LogP contribution < -0.4 is 4.74 Å². The van der Waals surface area contributed by atoms with Crippen molar-refractivity contribution < 1.29 is 4.74 Å². The van der Waals surface area contributed by atoms with Crippen molar-refractivity contribution >= 4 is 60.2 Å². The van der Waals surface area contributed by atoms with Gasteiger partial charge in [0.1, 0.15) is 23.0 Å². The van der Waals surface area contributed by atoms with Gasteiger partial charge in [0.25, 0.3) is 0 Å². The van der Waals surface area contributed by atoms with Crippen molar-refractivity contribution in [2.24, 2.45) is 0 Å². The lowest BCUT2D eigenvalue weighted by atomic mass is 9.88. The summed E-state index contributed by atoms with van der Waals surface area (Å²) in [4.78, 5) is 10.8. The summed E-state index contributed by atoms with van der Waals surface area (Å²) in [6, 6.07) is 54.4. The van der Waals surface area contributed by atoms with E-state index in [4.69, 9.17) is 14.7 Å². The highest BCUT2D eigenvalue weighted by atomic mass is 16.5. The Balaban J connectivity index is 1.09. The third-order valence-corrected chi connectivity index (χ3v) is 12.9. The molecule has 0 spiro atoms. The lowest BCUT2D eigenvalue weighted by Gasteiger charge is -2.24. The lowest BCUT2D eigenvalue weighted by molar-refractivity contribution is 0.483. The van der Waals surface area contributed by atoms with Crippen molar-refractivity contribution in [3.63, 3.8) is 0 Å².